The lowest BCUT2D eigenvalue weighted by Crippen LogP contribution is -2.47. The van der Waals surface area contributed by atoms with Crippen LogP contribution in [0.5, 0.6) is 11.5 Å². The van der Waals surface area contributed by atoms with Crippen LogP contribution in [0.15, 0.2) is 24.3 Å². The van der Waals surface area contributed by atoms with Crippen molar-refractivity contribution in [1.29, 1.82) is 0 Å². The van der Waals surface area contributed by atoms with Crippen molar-refractivity contribution < 1.29 is 9.47 Å². The summed E-state index contributed by atoms with van der Waals surface area (Å²) in [6.07, 6.45) is 0. The molecule has 1 unspecified atom stereocenters. The normalized spacial score (nSPS) is 13.2. The van der Waals surface area contributed by atoms with E-state index in [2.05, 4.69) is 19.2 Å². The summed E-state index contributed by atoms with van der Waals surface area (Å²) in [5.41, 5.74) is -0.105. The van der Waals surface area contributed by atoms with Crippen LogP contribution in [0.4, 0.5) is 0 Å². The molecular formula is C14H22ClNO2. The molecule has 0 aliphatic carbocycles. The van der Waals surface area contributed by atoms with Gasteiger partial charge in [-0.2, -0.15) is 0 Å². The van der Waals surface area contributed by atoms with E-state index in [1.807, 2.05) is 31.2 Å². The molecular weight excluding hydrogens is 250 g/mol. The Balaban J connectivity index is 2.38. The molecule has 102 valence electrons. The van der Waals surface area contributed by atoms with Crippen LogP contribution in [0.1, 0.15) is 20.8 Å². The van der Waals surface area contributed by atoms with Crippen LogP contribution in [0.3, 0.4) is 0 Å². The number of methoxy groups -OCH3 is 1. The predicted molar refractivity (Wildman–Crippen MR) is 75.9 cm³/mol. The summed E-state index contributed by atoms with van der Waals surface area (Å²) in [6, 6.07) is 7.62. The summed E-state index contributed by atoms with van der Waals surface area (Å²) < 4.78 is 10.9. The quantitative estimate of drug-likeness (QED) is 0.611. The van der Waals surface area contributed by atoms with E-state index in [9.17, 15) is 0 Å². The molecule has 0 radical (unpaired) electrons. The van der Waals surface area contributed by atoms with Gasteiger partial charge < -0.3 is 14.8 Å². The number of rotatable bonds is 7. The Morgan fingerprint density at radius 2 is 1.89 bits per heavy atom. The number of para-hydroxylation sites is 2. The third-order valence-corrected chi connectivity index (χ3v) is 3.55. The number of hydrogen-bond donors (Lipinski definition) is 1. The van der Waals surface area contributed by atoms with Gasteiger partial charge in [-0.25, -0.2) is 0 Å². The zero-order valence-electron chi connectivity index (χ0n) is 11.5. The van der Waals surface area contributed by atoms with Crippen molar-refractivity contribution >= 4 is 11.6 Å². The molecule has 0 saturated heterocycles. The fraction of sp³-hybridized carbons (Fsp3) is 0.571. The van der Waals surface area contributed by atoms with E-state index in [0.29, 0.717) is 6.61 Å². The first kappa shape index (κ1) is 15.1. The van der Waals surface area contributed by atoms with Crippen molar-refractivity contribution in [3.63, 3.8) is 0 Å². The van der Waals surface area contributed by atoms with Gasteiger partial charge in [0.15, 0.2) is 11.5 Å². The zero-order valence-corrected chi connectivity index (χ0v) is 12.3. The fourth-order valence-corrected chi connectivity index (χ4v) is 1.49. The van der Waals surface area contributed by atoms with Crippen LogP contribution < -0.4 is 14.8 Å². The maximum Gasteiger partial charge on any atom is 0.161 e. The topological polar surface area (TPSA) is 30.5 Å². The second-order valence-electron chi connectivity index (χ2n) is 4.76. The summed E-state index contributed by atoms with van der Waals surface area (Å²) in [5.74, 6) is 1.51. The summed E-state index contributed by atoms with van der Waals surface area (Å²) >= 11 is 6.09. The number of alkyl halides is 1. The summed E-state index contributed by atoms with van der Waals surface area (Å²) in [6.45, 7) is 7.45. The Hall–Kier alpha value is -0.930. The SMILES string of the molecule is COc1ccccc1OCCNC(C)(C)C(C)Cl. The van der Waals surface area contributed by atoms with Crippen molar-refractivity contribution in [2.45, 2.75) is 31.7 Å². The first-order chi connectivity index (χ1) is 8.47. The summed E-state index contributed by atoms with van der Waals surface area (Å²) in [4.78, 5) is 0. The first-order valence-corrected chi connectivity index (χ1v) is 6.56. The predicted octanol–water partition coefficient (Wildman–Crippen LogP) is 3.07. The minimum absolute atomic E-state index is 0.0590. The summed E-state index contributed by atoms with van der Waals surface area (Å²) in [5, 5.41) is 3.43. The second kappa shape index (κ2) is 6.86. The van der Waals surface area contributed by atoms with Crippen molar-refractivity contribution in [1.82, 2.24) is 5.32 Å². The molecule has 0 heterocycles. The van der Waals surface area contributed by atoms with E-state index >= 15 is 0 Å². The van der Waals surface area contributed by atoms with E-state index < -0.39 is 0 Å². The van der Waals surface area contributed by atoms with Crippen LogP contribution >= 0.6 is 11.6 Å². The third kappa shape index (κ3) is 4.39. The molecule has 1 N–H and O–H groups in total. The van der Waals surface area contributed by atoms with Crippen LogP contribution in [0, 0.1) is 0 Å². The molecule has 0 aliphatic rings. The average molecular weight is 272 g/mol. The minimum atomic E-state index is -0.105. The monoisotopic (exact) mass is 271 g/mol. The number of nitrogens with one attached hydrogen (secondary N) is 1. The maximum absolute atomic E-state index is 6.09. The van der Waals surface area contributed by atoms with Gasteiger partial charge in [-0.15, -0.1) is 11.6 Å². The molecule has 0 spiro atoms. The lowest BCUT2D eigenvalue weighted by atomic mass is 10.0. The van der Waals surface area contributed by atoms with Gasteiger partial charge in [-0.1, -0.05) is 12.1 Å². The number of ether oxygens (including phenoxy) is 2. The van der Waals surface area contributed by atoms with Gasteiger partial charge in [0.25, 0.3) is 0 Å². The molecule has 0 amide bonds. The van der Waals surface area contributed by atoms with Gasteiger partial charge in [0.05, 0.1) is 7.11 Å². The van der Waals surface area contributed by atoms with Gasteiger partial charge in [-0.05, 0) is 32.9 Å². The Kier molecular flexibility index (Phi) is 5.76. The molecule has 1 aromatic rings. The maximum atomic E-state index is 6.09. The van der Waals surface area contributed by atoms with Crippen molar-refractivity contribution in [2.75, 3.05) is 20.3 Å². The third-order valence-electron chi connectivity index (χ3n) is 3.00. The van der Waals surface area contributed by atoms with E-state index in [1.165, 1.54) is 0 Å². The average Bonchev–Trinajstić information content (AvgIpc) is 2.35. The van der Waals surface area contributed by atoms with Gasteiger partial charge >= 0.3 is 0 Å². The van der Waals surface area contributed by atoms with E-state index in [-0.39, 0.29) is 10.9 Å². The van der Waals surface area contributed by atoms with Crippen molar-refractivity contribution in [3.8, 4) is 11.5 Å². The highest BCUT2D eigenvalue weighted by Crippen LogP contribution is 2.25. The Morgan fingerprint density at radius 1 is 1.28 bits per heavy atom. The minimum Gasteiger partial charge on any atom is -0.493 e. The molecule has 0 bridgehead atoms. The lowest BCUT2D eigenvalue weighted by molar-refractivity contribution is 0.269. The molecule has 0 fully saturated rings. The van der Waals surface area contributed by atoms with Crippen molar-refractivity contribution in [3.05, 3.63) is 24.3 Å². The van der Waals surface area contributed by atoms with Crippen LogP contribution in [-0.2, 0) is 0 Å². The van der Waals surface area contributed by atoms with Crippen molar-refractivity contribution in [2.24, 2.45) is 0 Å². The summed E-state index contributed by atoms with van der Waals surface area (Å²) in [7, 11) is 1.64. The Bertz CT molecular complexity index is 367. The van der Waals surface area contributed by atoms with E-state index in [1.54, 1.807) is 7.11 Å². The zero-order chi connectivity index (χ0) is 13.6. The van der Waals surface area contributed by atoms with Gasteiger partial charge in [0.1, 0.15) is 6.61 Å². The fourth-order valence-electron chi connectivity index (χ4n) is 1.41. The second-order valence-corrected chi connectivity index (χ2v) is 5.42. The van der Waals surface area contributed by atoms with E-state index in [4.69, 9.17) is 21.1 Å². The van der Waals surface area contributed by atoms with Gasteiger partial charge in [0, 0.05) is 17.5 Å². The molecule has 0 aromatic heterocycles. The molecule has 1 aromatic carbocycles. The molecule has 3 nitrogen and oxygen atoms in total. The molecule has 4 heteroatoms. The van der Waals surface area contributed by atoms with Gasteiger partial charge in [-0.3, -0.25) is 0 Å². The first-order valence-electron chi connectivity index (χ1n) is 6.12. The smallest absolute Gasteiger partial charge is 0.161 e. The standard InChI is InChI=1S/C14H22ClNO2/c1-11(15)14(2,3)16-9-10-18-13-8-6-5-7-12(13)17-4/h5-8,11,16H,9-10H2,1-4H3. The molecule has 0 saturated carbocycles. The Morgan fingerprint density at radius 3 is 2.44 bits per heavy atom. The Labute approximate surface area is 114 Å². The van der Waals surface area contributed by atoms with Crippen LogP contribution in [0.2, 0.25) is 0 Å². The molecule has 18 heavy (non-hydrogen) atoms. The van der Waals surface area contributed by atoms with E-state index in [0.717, 1.165) is 18.0 Å². The van der Waals surface area contributed by atoms with Crippen LogP contribution in [0.25, 0.3) is 0 Å². The van der Waals surface area contributed by atoms with Crippen LogP contribution in [-0.4, -0.2) is 31.2 Å². The lowest BCUT2D eigenvalue weighted by Gasteiger charge is -2.29. The number of benzene rings is 1. The number of halogens is 1. The molecule has 1 rings (SSSR count). The highest BCUT2D eigenvalue weighted by molar-refractivity contribution is 6.21. The number of hydrogen-bond acceptors (Lipinski definition) is 3. The molecule has 1 atom stereocenters. The highest BCUT2D eigenvalue weighted by atomic mass is 35.5. The largest absolute Gasteiger partial charge is 0.493 e. The molecule has 0 aliphatic heterocycles. The van der Waals surface area contributed by atoms with Gasteiger partial charge in [0.2, 0.25) is 0 Å². The highest BCUT2D eigenvalue weighted by Gasteiger charge is 2.22.